The van der Waals surface area contributed by atoms with Gasteiger partial charge in [-0.2, -0.15) is 13.5 Å². The van der Waals surface area contributed by atoms with Gasteiger partial charge in [-0.15, -0.1) is 4.40 Å². The molecule has 0 aliphatic heterocycles. The Balaban J connectivity index is 2.78. The third kappa shape index (κ3) is 9.30. The molecule has 0 atom stereocenters. The van der Waals surface area contributed by atoms with Crippen LogP contribution in [-0.2, 0) is 29.4 Å². The molecular formula is C27H40N4O8S. The van der Waals surface area contributed by atoms with Crippen LogP contribution in [0.3, 0.4) is 0 Å². The lowest BCUT2D eigenvalue weighted by molar-refractivity contribution is -0.0527. The normalized spacial score (nSPS) is 13.3. The number of hydroxylamine groups is 2. The van der Waals surface area contributed by atoms with Gasteiger partial charge in [0.2, 0.25) is 0 Å². The van der Waals surface area contributed by atoms with Gasteiger partial charge in [0.15, 0.2) is 11.5 Å². The van der Waals surface area contributed by atoms with Crippen LogP contribution in [0.1, 0.15) is 52.7 Å². The molecule has 3 N–H and O–H groups in total. The summed E-state index contributed by atoms with van der Waals surface area (Å²) in [7, 11) is 1.71. The molecule has 0 fully saturated rings. The first kappa shape index (κ1) is 32.7. The number of methoxy groups -OCH3 is 4. The Bertz CT molecular complexity index is 1330. The zero-order valence-electron chi connectivity index (χ0n) is 24.7. The Hall–Kier alpha value is -3.52. The topological polar surface area (TPSA) is 143 Å². The fourth-order valence-corrected chi connectivity index (χ4v) is 3.73. The van der Waals surface area contributed by atoms with E-state index in [0.29, 0.717) is 34.1 Å². The molecule has 40 heavy (non-hydrogen) atoms. The maximum Gasteiger partial charge on any atom is 0.320 e. The van der Waals surface area contributed by atoms with E-state index in [0.717, 1.165) is 5.06 Å². The Labute approximate surface area is 236 Å². The number of nitrogens with zero attached hydrogens (tertiary/aromatic N) is 2. The van der Waals surface area contributed by atoms with Gasteiger partial charge < -0.3 is 18.9 Å². The van der Waals surface area contributed by atoms with E-state index in [9.17, 15) is 8.42 Å². The smallest absolute Gasteiger partial charge is 0.320 e. The van der Waals surface area contributed by atoms with Crippen LogP contribution >= 0.6 is 0 Å². The monoisotopic (exact) mass is 580 g/mol. The number of hydrogen-bond acceptors (Lipinski definition) is 8. The molecule has 0 saturated carbocycles. The predicted molar refractivity (Wildman–Crippen MR) is 155 cm³/mol. The van der Waals surface area contributed by atoms with E-state index in [1.54, 1.807) is 66.9 Å². The minimum absolute atomic E-state index is 0.284. The Morgan fingerprint density at radius 3 is 1.95 bits per heavy atom. The van der Waals surface area contributed by atoms with Crippen molar-refractivity contribution in [1.29, 1.82) is 0 Å². The van der Waals surface area contributed by atoms with Crippen LogP contribution in [0.25, 0.3) is 11.5 Å². The fraction of sp³-hybridized carbons (Fsp3) is 0.444. The summed E-state index contributed by atoms with van der Waals surface area (Å²) in [5, 5.41) is 6.41. The number of hydrogen-bond donors (Lipinski definition) is 2. The van der Waals surface area contributed by atoms with Crippen molar-refractivity contribution in [3.63, 3.8) is 0 Å². The molecule has 222 valence electrons. The molecule has 2 aromatic carbocycles. The highest BCUT2D eigenvalue weighted by Gasteiger charge is 2.29. The first-order valence-electron chi connectivity index (χ1n) is 12.2. The molecule has 2 rings (SSSR count). The lowest BCUT2D eigenvalue weighted by Gasteiger charge is -2.33. The van der Waals surface area contributed by atoms with Crippen LogP contribution in [0.15, 0.2) is 46.9 Å². The number of ether oxygens (including phenoxy) is 4. The second-order valence-corrected chi connectivity index (χ2v) is 11.6. The molecule has 13 heteroatoms. The van der Waals surface area contributed by atoms with E-state index in [2.05, 4.69) is 9.88 Å². The van der Waals surface area contributed by atoms with Crippen LogP contribution < -0.4 is 25.2 Å². The van der Waals surface area contributed by atoms with Crippen molar-refractivity contribution in [3.05, 3.63) is 53.6 Å². The SMILES string of the molecule is COC(=C(OC)c1ccccc1OC)c1ccc(N(OC(C)(C)C)C(=NS(N)(=O)=O)NOC(C)(C)C)c(OC)c1. The zero-order valence-corrected chi connectivity index (χ0v) is 25.5. The van der Waals surface area contributed by atoms with Gasteiger partial charge in [0.1, 0.15) is 17.2 Å². The number of rotatable bonds is 10. The third-order valence-corrected chi connectivity index (χ3v) is 5.27. The number of benzene rings is 2. The fourth-order valence-electron chi connectivity index (χ4n) is 3.38. The minimum atomic E-state index is -4.37. The van der Waals surface area contributed by atoms with Crippen molar-refractivity contribution in [1.82, 2.24) is 5.48 Å². The van der Waals surface area contributed by atoms with Crippen LogP contribution in [-0.4, -0.2) is 54.0 Å². The third-order valence-electron chi connectivity index (χ3n) is 4.85. The van der Waals surface area contributed by atoms with Gasteiger partial charge in [0, 0.05) is 5.56 Å². The van der Waals surface area contributed by atoms with Gasteiger partial charge in [0.25, 0.3) is 5.96 Å². The number of anilines is 1. The van der Waals surface area contributed by atoms with E-state index in [4.69, 9.17) is 33.8 Å². The maximum atomic E-state index is 12.0. The Kier molecular flexibility index (Phi) is 10.8. The molecule has 0 spiro atoms. The molecule has 0 aliphatic carbocycles. The summed E-state index contributed by atoms with van der Waals surface area (Å²) in [5.74, 6) is 1.36. The maximum absolute atomic E-state index is 12.0. The molecule has 2 aromatic rings. The van der Waals surface area contributed by atoms with Crippen molar-refractivity contribution in [2.45, 2.75) is 52.7 Å². The Morgan fingerprint density at radius 1 is 0.850 bits per heavy atom. The average Bonchev–Trinajstić information content (AvgIpc) is 2.86. The van der Waals surface area contributed by atoms with Crippen molar-refractivity contribution in [2.75, 3.05) is 33.5 Å². The van der Waals surface area contributed by atoms with Crippen molar-refractivity contribution in [2.24, 2.45) is 9.54 Å². The minimum Gasteiger partial charge on any atom is -0.496 e. The van der Waals surface area contributed by atoms with Gasteiger partial charge >= 0.3 is 10.2 Å². The summed E-state index contributed by atoms with van der Waals surface area (Å²) in [5.41, 5.74) is 2.60. The zero-order chi connectivity index (χ0) is 30.3. The van der Waals surface area contributed by atoms with Crippen LogP contribution in [0.5, 0.6) is 11.5 Å². The largest absolute Gasteiger partial charge is 0.496 e. The number of guanidine groups is 1. The van der Waals surface area contributed by atoms with Gasteiger partial charge in [-0.25, -0.2) is 10.6 Å². The standard InChI is InChI=1S/C27H40N4O8S/c1-26(2,3)38-29-25(30-40(28,32)33)31(39-27(4,5)6)20-16-15-18(17-22(20)35-8)23(36-9)24(37-10)19-13-11-12-14-21(19)34-7/h11-17H,1-10H3,(H,29,30)(H2,28,32,33). The highest BCUT2D eigenvalue weighted by Crippen LogP contribution is 2.38. The molecule has 0 bridgehead atoms. The number of nitrogens with two attached hydrogens (primary N) is 1. The van der Waals surface area contributed by atoms with E-state index in [1.807, 2.05) is 24.3 Å². The molecule has 0 saturated heterocycles. The molecule has 12 nitrogen and oxygen atoms in total. The van der Waals surface area contributed by atoms with E-state index < -0.39 is 21.4 Å². The van der Waals surface area contributed by atoms with Crippen LogP contribution in [0.2, 0.25) is 0 Å². The summed E-state index contributed by atoms with van der Waals surface area (Å²) in [6, 6.07) is 12.4. The summed E-state index contributed by atoms with van der Waals surface area (Å²) in [6.07, 6.45) is 0. The molecule has 0 heterocycles. The van der Waals surface area contributed by atoms with Crippen molar-refractivity contribution in [3.8, 4) is 11.5 Å². The highest BCUT2D eigenvalue weighted by molar-refractivity contribution is 7.88. The first-order chi connectivity index (χ1) is 18.5. The lowest BCUT2D eigenvalue weighted by atomic mass is 10.1. The number of para-hydroxylation sites is 1. The summed E-state index contributed by atoms with van der Waals surface area (Å²) in [6.45, 7) is 10.7. The summed E-state index contributed by atoms with van der Waals surface area (Å²) >= 11 is 0. The van der Waals surface area contributed by atoms with Gasteiger partial charge in [0.05, 0.1) is 45.2 Å². The van der Waals surface area contributed by atoms with E-state index >= 15 is 0 Å². The predicted octanol–water partition coefficient (Wildman–Crippen LogP) is 4.24. The van der Waals surface area contributed by atoms with E-state index in [1.165, 1.54) is 21.3 Å². The highest BCUT2D eigenvalue weighted by atomic mass is 32.2. The van der Waals surface area contributed by atoms with Crippen LogP contribution in [0, 0.1) is 0 Å². The molecule has 0 amide bonds. The molecular weight excluding hydrogens is 540 g/mol. The average molecular weight is 581 g/mol. The second-order valence-electron chi connectivity index (χ2n) is 10.4. The lowest BCUT2D eigenvalue weighted by Crippen LogP contribution is -2.48. The molecule has 0 aliphatic rings. The van der Waals surface area contributed by atoms with E-state index in [-0.39, 0.29) is 11.7 Å². The number of nitrogens with one attached hydrogen (secondary N) is 1. The molecule has 0 radical (unpaired) electrons. The Morgan fingerprint density at radius 2 is 1.45 bits per heavy atom. The summed E-state index contributed by atoms with van der Waals surface area (Å²) < 4.78 is 50.4. The quantitative estimate of drug-likeness (QED) is 0.138. The molecule has 0 aromatic heterocycles. The first-order valence-corrected chi connectivity index (χ1v) is 13.7. The van der Waals surface area contributed by atoms with Crippen molar-refractivity contribution >= 4 is 33.4 Å². The van der Waals surface area contributed by atoms with Crippen molar-refractivity contribution < 1.29 is 37.0 Å². The molecule has 0 unspecified atom stereocenters. The second kappa shape index (κ2) is 13.2. The summed E-state index contributed by atoms with van der Waals surface area (Å²) in [4.78, 5) is 11.7. The van der Waals surface area contributed by atoms with Gasteiger partial charge in [-0.05, 0) is 71.9 Å². The van der Waals surface area contributed by atoms with Gasteiger partial charge in [-0.1, -0.05) is 12.1 Å². The van der Waals surface area contributed by atoms with Gasteiger partial charge in [-0.3, -0.25) is 9.68 Å². The van der Waals surface area contributed by atoms with Crippen LogP contribution in [0.4, 0.5) is 5.69 Å².